The van der Waals surface area contributed by atoms with Crippen LogP contribution in [0.15, 0.2) is 30.5 Å². The van der Waals surface area contributed by atoms with Gasteiger partial charge in [0.25, 0.3) is 0 Å². The third-order valence-corrected chi connectivity index (χ3v) is 4.19. The smallest absolute Gasteiger partial charge is 0.180 e. The Bertz CT molecular complexity index is 569. The number of rotatable bonds is 2. The summed E-state index contributed by atoms with van der Waals surface area (Å²) in [7, 11) is 0. The lowest BCUT2D eigenvalue weighted by Crippen LogP contribution is -2.34. The molecule has 0 aliphatic carbocycles. The Kier molecular flexibility index (Phi) is 3.40. The molecule has 1 aliphatic rings. The van der Waals surface area contributed by atoms with Crippen LogP contribution in [0.1, 0.15) is 17.4 Å². The van der Waals surface area contributed by atoms with Crippen molar-refractivity contribution in [3.63, 3.8) is 0 Å². The van der Waals surface area contributed by atoms with E-state index in [0.29, 0.717) is 17.8 Å². The summed E-state index contributed by atoms with van der Waals surface area (Å²) in [5.41, 5.74) is 6.93. The molecule has 0 bridgehead atoms. The molecule has 1 aromatic carbocycles. The minimum absolute atomic E-state index is 0.371. The van der Waals surface area contributed by atoms with Crippen LogP contribution < -0.4 is 10.5 Å². The second-order valence-electron chi connectivity index (χ2n) is 4.84. The highest BCUT2D eigenvalue weighted by Gasteiger charge is 2.21. The molecule has 2 N–H and O–H groups in total. The molecule has 4 nitrogen and oxygen atoms in total. The molecule has 5 heteroatoms. The predicted molar refractivity (Wildman–Crippen MR) is 77.2 cm³/mol. The molecule has 1 unspecified atom stereocenters. The van der Waals surface area contributed by atoms with E-state index >= 15 is 0 Å². The van der Waals surface area contributed by atoms with Crippen LogP contribution in [0.25, 0.3) is 0 Å². The van der Waals surface area contributed by atoms with Gasteiger partial charge in [0.1, 0.15) is 12.4 Å². The Morgan fingerprint density at radius 2 is 2.32 bits per heavy atom. The largest absolute Gasteiger partial charge is 0.492 e. The van der Waals surface area contributed by atoms with Gasteiger partial charge >= 0.3 is 0 Å². The van der Waals surface area contributed by atoms with Crippen molar-refractivity contribution < 1.29 is 4.74 Å². The number of aromatic nitrogens is 1. The van der Waals surface area contributed by atoms with Crippen LogP contribution in [0.4, 0.5) is 5.13 Å². The molecule has 0 fully saturated rings. The first-order valence-corrected chi connectivity index (χ1v) is 7.19. The summed E-state index contributed by atoms with van der Waals surface area (Å²) in [5, 5.41) is 0.633. The third-order valence-electron chi connectivity index (χ3n) is 3.38. The number of thiazole rings is 1. The molecule has 1 aliphatic heterocycles. The summed E-state index contributed by atoms with van der Waals surface area (Å²) in [6, 6.07) is 8.61. The van der Waals surface area contributed by atoms with Crippen LogP contribution in [0, 0.1) is 0 Å². The Hall–Kier alpha value is -1.59. The van der Waals surface area contributed by atoms with E-state index in [0.717, 1.165) is 18.8 Å². The van der Waals surface area contributed by atoms with Crippen LogP contribution >= 0.6 is 11.3 Å². The number of para-hydroxylation sites is 1. The first-order chi connectivity index (χ1) is 9.22. The second kappa shape index (κ2) is 5.19. The minimum Gasteiger partial charge on any atom is -0.492 e. The van der Waals surface area contributed by atoms with Gasteiger partial charge in [-0.15, -0.1) is 11.3 Å². The molecule has 2 aromatic rings. The number of anilines is 1. The number of hydrogen-bond donors (Lipinski definition) is 1. The van der Waals surface area contributed by atoms with Gasteiger partial charge in [0.2, 0.25) is 0 Å². The van der Waals surface area contributed by atoms with Gasteiger partial charge in [0.05, 0.1) is 0 Å². The van der Waals surface area contributed by atoms with E-state index in [9.17, 15) is 0 Å². The fraction of sp³-hybridized carbons (Fsp3) is 0.357. The average Bonchev–Trinajstić information content (AvgIpc) is 2.74. The number of nitrogens with two attached hydrogens (primary N) is 1. The molecule has 1 atom stereocenters. The number of fused-ring (bicyclic) bond motifs is 1. The maximum Gasteiger partial charge on any atom is 0.180 e. The molecule has 2 heterocycles. The Morgan fingerprint density at radius 3 is 3.11 bits per heavy atom. The maximum atomic E-state index is 5.86. The topological polar surface area (TPSA) is 51.4 Å². The van der Waals surface area contributed by atoms with Crippen molar-refractivity contribution in [3.05, 3.63) is 40.9 Å². The van der Waals surface area contributed by atoms with Gasteiger partial charge < -0.3 is 10.5 Å². The SMILES string of the molecule is CC1COc2ccccc2CN1Cc1cnc(N)s1. The fourth-order valence-electron chi connectivity index (χ4n) is 2.27. The lowest BCUT2D eigenvalue weighted by molar-refractivity contribution is 0.152. The summed E-state index contributed by atoms with van der Waals surface area (Å²) in [6.45, 7) is 4.67. The first kappa shape index (κ1) is 12.4. The first-order valence-electron chi connectivity index (χ1n) is 6.37. The highest BCUT2D eigenvalue weighted by Crippen LogP contribution is 2.27. The van der Waals surface area contributed by atoms with Gasteiger partial charge in [-0.2, -0.15) is 0 Å². The van der Waals surface area contributed by atoms with Gasteiger partial charge in [0.15, 0.2) is 5.13 Å². The molecular weight excluding hydrogens is 258 g/mol. The predicted octanol–water partition coefficient (Wildman–Crippen LogP) is 2.51. The van der Waals surface area contributed by atoms with E-state index in [2.05, 4.69) is 28.9 Å². The number of nitrogens with zero attached hydrogens (tertiary/aromatic N) is 2. The van der Waals surface area contributed by atoms with Crippen molar-refractivity contribution in [3.8, 4) is 5.75 Å². The third kappa shape index (κ3) is 2.72. The standard InChI is InChI=1S/C14H17N3OS/c1-10-9-18-13-5-3-2-4-11(13)7-17(10)8-12-6-16-14(15)19-12/h2-6,10H,7-9H2,1H3,(H2,15,16). The Morgan fingerprint density at radius 1 is 1.47 bits per heavy atom. The summed E-state index contributed by atoms with van der Waals surface area (Å²) in [5.74, 6) is 1.00. The second-order valence-corrected chi connectivity index (χ2v) is 5.98. The van der Waals surface area contributed by atoms with E-state index in [4.69, 9.17) is 10.5 Å². The Labute approximate surface area is 116 Å². The van der Waals surface area contributed by atoms with E-state index in [1.54, 1.807) is 11.3 Å². The van der Waals surface area contributed by atoms with Gasteiger partial charge in [-0.1, -0.05) is 18.2 Å². The summed E-state index contributed by atoms with van der Waals surface area (Å²) in [4.78, 5) is 7.71. The highest BCUT2D eigenvalue weighted by atomic mass is 32.1. The molecule has 19 heavy (non-hydrogen) atoms. The van der Waals surface area contributed by atoms with Gasteiger partial charge in [-0.3, -0.25) is 4.90 Å². The van der Waals surface area contributed by atoms with E-state index < -0.39 is 0 Å². The summed E-state index contributed by atoms with van der Waals surface area (Å²) in [6.07, 6.45) is 1.87. The van der Waals surface area contributed by atoms with Crippen LogP contribution in [0.2, 0.25) is 0 Å². The molecule has 0 saturated heterocycles. The molecule has 100 valence electrons. The maximum absolute atomic E-state index is 5.86. The Balaban J connectivity index is 1.81. The van der Waals surface area contributed by atoms with Crippen LogP contribution in [-0.2, 0) is 13.1 Å². The van der Waals surface area contributed by atoms with E-state index in [1.807, 2.05) is 18.3 Å². The van der Waals surface area contributed by atoms with Gasteiger partial charge in [0, 0.05) is 35.8 Å². The molecule has 0 spiro atoms. The molecule has 3 rings (SSSR count). The van der Waals surface area contributed by atoms with Crippen LogP contribution in [0.3, 0.4) is 0 Å². The highest BCUT2D eigenvalue weighted by molar-refractivity contribution is 7.15. The number of nitrogen functional groups attached to an aromatic ring is 1. The van der Waals surface area contributed by atoms with Crippen LogP contribution in [0.5, 0.6) is 5.75 Å². The zero-order valence-corrected chi connectivity index (χ0v) is 11.7. The zero-order chi connectivity index (χ0) is 13.2. The number of benzene rings is 1. The quantitative estimate of drug-likeness (QED) is 0.915. The average molecular weight is 275 g/mol. The molecule has 0 saturated carbocycles. The number of hydrogen-bond acceptors (Lipinski definition) is 5. The number of ether oxygens (including phenoxy) is 1. The molecule has 0 radical (unpaired) electrons. The van der Waals surface area contributed by atoms with E-state index in [1.165, 1.54) is 10.4 Å². The van der Waals surface area contributed by atoms with E-state index in [-0.39, 0.29) is 0 Å². The normalized spacial score (nSPS) is 19.5. The zero-order valence-electron chi connectivity index (χ0n) is 10.9. The van der Waals surface area contributed by atoms with Crippen molar-refractivity contribution in [2.75, 3.05) is 12.3 Å². The lowest BCUT2D eigenvalue weighted by Gasteiger charge is -2.25. The van der Waals surface area contributed by atoms with Crippen LogP contribution in [-0.4, -0.2) is 22.5 Å². The summed E-state index contributed by atoms with van der Waals surface area (Å²) < 4.78 is 5.86. The van der Waals surface area contributed by atoms with Crippen molar-refractivity contribution in [1.29, 1.82) is 0 Å². The van der Waals surface area contributed by atoms with Gasteiger partial charge in [-0.05, 0) is 13.0 Å². The van der Waals surface area contributed by atoms with Crippen molar-refractivity contribution in [2.45, 2.75) is 26.1 Å². The van der Waals surface area contributed by atoms with Crippen molar-refractivity contribution in [2.24, 2.45) is 0 Å². The monoisotopic (exact) mass is 275 g/mol. The van der Waals surface area contributed by atoms with Gasteiger partial charge in [-0.25, -0.2) is 4.98 Å². The van der Waals surface area contributed by atoms with Crippen molar-refractivity contribution in [1.82, 2.24) is 9.88 Å². The minimum atomic E-state index is 0.371. The molecule has 0 amide bonds. The summed E-state index contributed by atoms with van der Waals surface area (Å²) >= 11 is 1.56. The lowest BCUT2D eigenvalue weighted by atomic mass is 10.2. The van der Waals surface area contributed by atoms with Crippen molar-refractivity contribution >= 4 is 16.5 Å². The molecular formula is C14H17N3OS. The fourth-order valence-corrected chi connectivity index (χ4v) is 2.98. The molecule has 1 aromatic heterocycles.